The average Bonchev–Trinajstić information content (AvgIpc) is 3.33. The molecule has 10 nitrogen and oxygen atoms in total. The molecule has 0 heterocycles. The fourth-order valence-corrected chi connectivity index (χ4v) is 4.97. The lowest BCUT2D eigenvalue weighted by molar-refractivity contribution is -0.146. The van der Waals surface area contributed by atoms with Crippen LogP contribution in [0.4, 0.5) is 4.79 Å². The molecule has 0 saturated carbocycles. The van der Waals surface area contributed by atoms with E-state index in [4.69, 9.17) is 14.6 Å². The number of benzene rings is 2. The van der Waals surface area contributed by atoms with E-state index in [0.717, 1.165) is 22.3 Å². The lowest BCUT2D eigenvalue weighted by Crippen LogP contribution is -2.43. The first-order valence-corrected chi connectivity index (χ1v) is 14.5. The van der Waals surface area contributed by atoms with Crippen molar-refractivity contribution in [3.63, 3.8) is 0 Å². The molecule has 10 heteroatoms. The Morgan fingerprint density at radius 3 is 2.21 bits per heavy atom. The molecule has 0 bridgehead atoms. The zero-order chi connectivity index (χ0) is 31.2. The predicted octanol–water partition coefficient (Wildman–Crippen LogP) is 3.60. The minimum Gasteiger partial charge on any atom is -0.462 e. The molecule has 0 unspecified atom stereocenters. The summed E-state index contributed by atoms with van der Waals surface area (Å²) in [5, 5.41) is 17.0. The van der Waals surface area contributed by atoms with E-state index >= 15 is 0 Å². The quantitative estimate of drug-likeness (QED) is 0.125. The number of amides is 3. The Bertz CT molecular complexity index is 1250. The summed E-state index contributed by atoms with van der Waals surface area (Å²) in [5.74, 6) is -2.18. The maximum Gasteiger partial charge on any atom is 0.407 e. The normalized spacial score (nSPS) is 13.8. The topological polar surface area (TPSA) is 143 Å². The van der Waals surface area contributed by atoms with Crippen molar-refractivity contribution in [3.05, 3.63) is 85.0 Å². The zero-order valence-corrected chi connectivity index (χ0v) is 24.6. The van der Waals surface area contributed by atoms with Gasteiger partial charge >= 0.3 is 12.1 Å². The maximum atomic E-state index is 12.8. The van der Waals surface area contributed by atoms with Gasteiger partial charge in [-0.25, -0.2) is 9.59 Å². The number of fused-ring (bicyclic) bond motifs is 3. The highest BCUT2D eigenvalue weighted by molar-refractivity contribution is 5.86. The molecule has 2 aromatic rings. The third-order valence-corrected chi connectivity index (χ3v) is 7.16. The van der Waals surface area contributed by atoms with Crippen LogP contribution in [0.5, 0.6) is 0 Å². The summed E-state index contributed by atoms with van der Waals surface area (Å²) in [6, 6.07) is 14.6. The van der Waals surface area contributed by atoms with Gasteiger partial charge in [0.15, 0.2) is 0 Å². The first kappa shape index (κ1) is 33.1. The molecule has 0 aliphatic heterocycles. The highest BCUT2D eigenvalue weighted by atomic mass is 16.6. The molecule has 1 aliphatic rings. The van der Waals surface area contributed by atoms with Gasteiger partial charge in [0.05, 0.1) is 19.1 Å². The van der Waals surface area contributed by atoms with Gasteiger partial charge in [-0.3, -0.25) is 9.59 Å². The van der Waals surface area contributed by atoms with E-state index in [9.17, 15) is 19.2 Å². The number of allylic oxidation sites excluding steroid dienone is 2. The van der Waals surface area contributed by atoms with Crippen LogP contribution in [-0.2, 0) is 23.9 Å². The molecule has 1 aliphatic carbocycles. The van der Waals surface area contributed by atoms with Crippen LogP contribution in [0.3, 0.4) is 0 Å². The number of hydrogen-bond donors (Lipinski definition) is 4. The highest BCUT2D eigenvalue weighted by Crippen LogP contribution is 2.44. The van der Waals surface area contributed by atoms with Crippen LogP contribution in [0.25, 0.3) is 11.1 Å². The molecule has 0 spiro atoms. The van der Waals surface area contributed by atoms with E-state index in [1.165, 1.54) is 0 Å². The lowest BCUT2D eigenvalue weighted by Gasteiger charge is -2.19. The summed E-state index contributed by atoms with van der Waals surface area (Å²) < 4.78 is 10.9. The summed E-state index contributed by atoms with van der Waals surface area (Å²) in [4.78, 5) is 50.3. The predicted molar refractivity (Wildman–Crippen MR) is 163 cm³/mol. The number of rotatable bonds is 17. The van der Waals surface area contributed by atoms with E-state index < -0.39 is 30.1 Å². The Morgan fingerprint density at radius 2 is 1.60 bits per heavy atom. The van der Waals surface area contributed by atoms with Crippen molar-refractivity contribution in [2.45, 2.75) is 50.6 Å². The van der Waals surface area contributed by atoms with Crippen molar-refractivity contribution >= 4 is 23.9 Å². The van der Waals surface area contributed by atoms with Crippen LogP contribution in [-0.4, -0.2) is 67.4 Å². The van der Waals surface area contributed by atoms with Gasteiger partial charge in [-0.1, -0.05) is 60.7 Å². The van der Waals surface area contributed by atoms with Gasteiger partial charge in [-0.2, -0.15) is 0 Å². The fourth-order valence-electron chi connectivity index (χ4n) is 4.97. The number of hydrogen-bond acceptors (Lipinski definition) is 7. The number of aliphatic hydroxyl groups is 1. The molecule has 3 atom stereocenters. The molecular formula is C33H41N3O7. The van der Waals surface area contributed by atoms with Crippen LogP contribution in [0, 0.1) is 5.92 Å². The van der Waals surface area contributed by atoms with Gasteiger partial charge in [0.1, 0.15) is 19.3 Å². The number of carbonyl (C=O) groups excluding carboxylic acids is 4. The van der Waals surface area contributed by atoms with Crippen molar-refractivity contribution in [3.8, 4) is 11.1 Å². The second kappa shape index (κ2) is 16.9. The van der Waals surface area contributed by atoms with E-state index in [0.29, 0.717) is 6.42 Å². The van der Waals surface area contributed by atoms with Crippen LogP contribution < -0.4 is 16.0 Å². The van der Waals surface area contributed by atoms with Crippen molar-refractivity contribution < 1.29 is 33.8 Å². The minimum atomic E-state index is -0.963. The molecule has 0 saturated heterocycles. The SMILES string of the molecule is C=CCC[C@H](NC(=O)OCC1c2ccccc2-c2ccccc21)C(=O)OCCNC(=O)[C@H](CC=C)CC(=O)N[C@H](C)CO. The van der Waals surface area contributed by atoms with Crippen molar-refractivity contribution in [1.82, 2.24) is 16.0 Å². The number of aliphatic hydroxyl groups excluding tert-OH is 1. The maximum absolute atomic E-state index is 12.8. The van der Waals surface area contributed by atoms with E-state index in [1.54, 1.807) is 19.1 Å². The third kappa shape index (κ3) is 9.54. The number of esters is 1. The molecule has 2 aromatic carbocycles. The van der Waals surface area contributed by atoms with Gasteiger partial charge in [0, 0.05) is 18.4 Å². The standard InChI is InChI=1S/C33H41N3O7/c1-4-6-16-29(32(40)42-18-17-34-31(39)23(11-5-2)19-30(38)35-22(3)20-37)36-33(41)43-21-28-26-14-9-7-12-24(26)25-13-8-10-15-27(25)28/h4-5,7-10,12-15,22-23,28-29,37H,1-2,6,11,16-21H2,3H3,(H,34,39)(H,35,38)(H,36,41)/t22-,23-,29+/m1/s1. The van der Waals surface area contributed by atoms with Crippen LogP contribution in [0.15, 0.2) is 73.8 Å². The van der Waals surface area contributed by atoms with Gasteiger partial charge in [-0.15, -0.1) is 13.2 Å². The van der Waals surface area contributed by atoms with Crippen molar-refractivity contribution in [2.24, 2.45) is 5.92 Å². The largest absolute Gasteiger partial charge is 0.462 e. The second-order valence-corrected chi connectivity index (χ2v) is 10.4. The molecular weight excluding hydrogens is 550 g/mol. The Balaban J connectivity index is 1.48. The molecule has 3 rings (SSSR count). The van der Waals surface area contributed by atoms with E-state index in [-0.39, 0.29) is 63.4 Å². The molecule has 230 valence electrons. The van der Waals surface area contributed by atoms with Crippen molar-refractivity contribution in [2.75, 3.05) is 26.4 Å². The van der Waals surface area contributed by atoms with E-state index in [1.807, 2.05) is 48.5 Å². The monoisotopic (exact) mass is 591 g/mol. The Kier molecular flexibility index (Phi) is 13.0. The van der Waals surface area contributed by atoms with E-state index in [2.05, 4.69) is 29.1 Å². The summed E-state index contributed by atoms with van der Waals surface area (Å²) in [5.41, 5.74) is 4.39. The second-order valence-electron chi connectivity index (χ2n) is 10.4. The number of alkyl carbamates (subject to hydrolysis) is 1. The number of ether oxygens (including phenoxy) is 2. The Hall–Kier alpha value is -4.44. The molecule has 43 heavy (non-hydrogen) atoms. The van der Waals surface area contributed by atoms with Gasteiger partial charge in [0.2, 0.25) is 11.8 Å². The smallest absolute Gasteiger partial charge is 0.407 e. The molecule has 0 fully saturated rings. The van der Waals surface area contributed by atoms with Crippen LogP contribution in [0.1, 0.15) is 49.7 Å². The van der Waals surface area contributed by atoms with Gasteiger partial charge in [-0.05, 0) is 48.4 Å². The Labute approximate surface area is 252 Å². The first-order valence-electron chi connectivity index (χ1n) is 14.5. The average molecular weight is 592 g/mol. The molecule has 0 aromatic heterocycles. The zero-order valence-electron chi connectivity index (χ0n) is 24.6. The molecule has 4 N–H and O–H groups in total. The van der Waals surface area contributed by atoms with Crippen LogP contribution >= 0.6 is 0 Å². The number of nitrogens with one attached hydrogen (secondary N) is 3. The summed E-state index contributed by atoms with van der Waals surface area (Å²) in [6.07, 6.45) is 3.38. The van der Waals surface area contributed by atoms with Crippen molar-refractivity contribution in [1.29, 1.82) is 0 Å². The fraction of sp³-hybridized carbons (Fsp3) is 0.394. The molecule has 0 radical (unpaired) electrons. The first-order chi connectivity index (χ1) is 20.8. The van der Waals surface area contributed by atoms with Gasteiger partial charge < -0.3 is 30.5 Å². The summed E-state index contributed by atoms with van der Waals surface area (Å²) in [7, 11) is 0. The summed E-state index contributed by atoms with van der Waals surface area (Å²) >= 11 is 0. The summed E-state index contributed by atoms with van der Waals surface area (Å²) in [6.45, 7) is 8.76. The minimum absolute atomic E-state index is 0.0198. The molecule has 3 amide bonds. The number of carbonyl (C=O) groups is 4. The lowest BCUT2D eigenvalue weighted by atomic mass is 9.98. The van der Waals surface area contributed by atoms with Gasteiger partial charge in [0.25, 0.3) is 0 Å². The third-order valence-electron chi connectivity index (χ3n) is 7.16. The highest BCUT2D eigenvalue weighted by Gasteiger charge is 2.30. The van der Waals surface area contributed by atoms with Crippen LogP contribution in [0.2, 0.25) is 0 Å². The Morgan fingerprint density at radius 1 is 0.953 bits per heavy atom.